The number of fused-ring (bicyclic) bond motifs is 1. The number of hydrogen-bond donors (Lipinski definition) is 2. The molecule has 0 radical (unpaired) electrons. The summed E-state index contributed by atoms with van der Waals surface area (Å²) < 4.78 is 0.601. The van der Waals surface area contributed by atoms with E-state index in [1.54, 1.807) is 12.1 Å². The molecule has 19 heavy (non-hydrogen) atoms. The minimum absolute atomic E-state index is 0.0394. The standard InChI is InChI=1S/C14H14BrNO3/c15-11-3-1-2-10(14(18)19)12(11)16-13(17)9-5-7-4-8(7)6-9/h1-3,7-9H,4-6H2,(H,16,17)(H,18,19). The van der Waals surface area contributed by atoms with Crippen LogP contribution in [0.1, 0.15) is 29.6 Å². The second-order valence-corrected chi connectivity index (χ2v) is 6.24. The summed E-state index contributed by atoms with van der Waals surface area (Å²) in [5.74, 6) is 0.410. The highest BCUT2D eigenvalue weighted by Gasteiger charge is 2.48. The van der Waals surface area contributed by atoms with Gasteiger partial charge in [0.15, 0.2) is 0 Å². The topological polar surface area (TPSA) is 66.4 Å². The molecular formula is C14H14BrNO3. The molecule has 0 aromatic heterocycles. The number of carboxylic acids is 1. The van der Waals surface area contributed by atoms with Crippen molar-refractivity contribution in [2.24, 2.45) is 17.8 Å². The van der Waals surface area contributed by atoms with Crippen molar-refractivity contribution in [3.05, 3.63) is 28.2 Å². The molecule has 0 bridgehead atoms. The van der Waals surface area contributed by atoms with Crippen LogP contribution in [0.2, 0.25) is 0 Å². The smallest absolute Gasteiger partial charge is 0.337 e. The fourth-order valence-electron chi connectivity index (χ4n) is 2.98. The van der Waals surface area contributed by atoms with E-state index in [1.165, 1.54) is 12.5 Å². The Morgan fingerprint density at radius 3 is 2.53 bits per heavy atom. The monoisotopic (exact) mass is 323 g/mol. The van der Waals surface area contributed by atoms with E-state index >= 15 is 0 Å². The summed E-state index contributed by atoms with van der Waals surface area (Å²) in [6.45, 7) is 0. The van der Waals surface area contributed by atoms with Crippen molar-refractivity contribution in [1.29, 1.82) is 0 Å². The lowest BCUT2D eigenvalue weighted by atomic mass is 10.0. The maximum Gasteiger partial charge on any atom is 0.337 e. The lowest BCUT2D eigenvalue weighted by Gasteiger charge is -2.15. The molecule has 100 valence electrons. The summed E-state index contributed by atoms with van der Waals surface area (Å²) in [6.07, 6.45) is 3.16. The molecule has 0 spiro atoms. The van der Waals surface area contributed by atoms with E-state index in [2.05, 4.69) is 21.2 Å². The summed E-state index contributed by atoms with van der Waals surface area (Å²) in [6, 6.07) is 4.87. The van der Waals surface area contributed by atoms with Gasteiger partial charge in [-0.3, -0.25) is 4.79 Å². The minimum atomic E-state index is -1.04. The van der Waals surface area contributed by atoms with E-state index < -0.39 is 5.97 Å². The number of aromatic carboxylic acids is 1. The molecule has 5 heteroatoms. The molecule has 2 aliphatic carbocycles. The molecule has 2 aliphatic rings. The van der Waals surface area contributed by atoms with E-state index in [9.17, 15) is 9.59 Å². The lowest BCUT2D eigenvalue weighted by Crippen LogP contribution is -2.23. The lowest BCUT2D eigenvalue weighted by molar-refractivity contribution is -0.120. The van der Waals surface area contributed by atoms with Gasteiger partial charge in [0.1, 0.15) is 0 Å². The Balaban J connectivity index is 1.78. The van der Waals surface area contributed by atoms with E-state index in [0.717, 1.165) is 24.7 Å². The van der Waals surface area contributed by atoms with Gasteiger partial charge in [0.25, 0.3) is 0 Å². The third kappa shape index (κ3) is 2.39. The molecule has 1 amide bonds. The highest BCUT2D eigenvalue weighted by molar-refractivity contribution is 9.10. The maximum absolute atomic E-state index is 12.2. The van der Waals surface area contributed by atoms with E-state index in [4.69, 9.17) is 5.11 Å². The maximum atomic E-state index is 12.2. The largest absolute Gasteiger partial charge is 0.478 e. The molecule has 0 aliphatic heterocycles. The van der Waals surface area contributed by atoms with Crippen molar-refractivity contribution in [3.63, 3.8) is 0 Å². The summed E-state index contributed by atoms with van der Waals surface area (Å²) in [7, 11) is 0. The number of nitrogens with one attached hydrogen (secondary N) is 1. The number of halogens is 1. The molecule has 1 aromatic rings. The first-order chi connectivity index (χ1) is 9.06. The molecule has 2 N–H and O–H groups in total. The number of rotatable bonds is 3. The zero-order valence-electron chi connectivity index (χ0n) is 10.2. The van der Waals surface area contributed by atoms with Gasteiger partial charge in [-0.15, -0.1) is 0 Å². The van der Waals surface area contributed by atoms with Gasteiger partial charge in [-0.1, -0.05) is 6.07 Å². The molecular weight excluding hydrogens is 310 g/mol. The number of benzene rings is 1. The summed E-state index contributed by atoms with van der Waals surface area (Å²) in [4.78, 5) is 23.3. The first-order valence-corrected chi connectivity index (χ1v) is 7.18. The Labute approximate surface area is 119 Å². The Bertz CT molecular complexity index is 548. The van der Waals surface area contributed by atoms with Crippen LogP contribution >= 0.6 is 15.9 Å². The first kappa shape index (κ1) is 12.7. The quantitative estimate of drug-likeness (QED) is 0.898. The highest BCUT2D eigenvalue weighted by Crippen LogP contribution is 2.54. The van der Waals surface area contributed by atoms with Crippen LogP contribution in [0.3, 0.4) is 0 Å². The van der Waals surface area contributed by atoms with Crippen molar-refractivity contribution in [3.8, 4) is 0 Å². The average molecular weight is 324 g/mol. The number of amides is 1. The summed E-state index contributed by atoms with van der Waals surface area (Å²) in [5, 5.41) is 11.9. The average Bonchev–Trinajstić information content (AvgIpc) is 2.98. The number of para-hydroxylation sites is 1. The first-order valence-electron chi connectivity index (χ1n) is 6.39. The minimum Gasteiger partial charge on any atom is -0.478 e. The number of carbonyl (C=O) groups is 2. The third-order valence-corrected chi connectivity index (χ3v) is 4.77. The fraction of sp³-hybridized carbons (Fsp3) is 0.429. The normalized spacial score (nSPS) is 27.7. The molecule has 3 rings (SSSR count). The Kier molecular flexibility index (Phi) is 3.09. The van der Waals surface area contributed by atoms with Crippen LogP contribution in [-0.4, -0.2) is 17.0 Å². The van der Waals surface area contributed by atoms with Crippen LogP contribution in [0.15, 0.2) is 22.7 Å². The number of carbonyl (C=O) groups excluding carboxylic acids is 1. The van der Waals surface area contributed by atoms with E-state index in [-0.39, 0.29) is 17.4 Å². The molecule has 2 fully saturated rings. The molecule has 2 saturated carbocycles. The van der Waals surface area contributed by atoms with E-state index in [1.807, 2.05) is 0 Å². The van der Waals surface area contributed by atoms with Gasteiger partial charge < -0.3 is 10.4 Å². The Morgan fingerprint density at radius 1 is 1.21 bits per heavy atom. The number of carboxylic acid groups (broad SMARTS) is 1. The van der Waals surface area contributed by atoms with Gasteiger partial charge in [0.05, 0.1) is 11.3 Å². The molecule has 0 heterocycles. The SMILES string of the molecule is O=C(O)c1cccc(Br)c1NC(=O)C1CC2CC2C1. The summed E-state index contributed by atoms with van der Waals surface area (Å²) in [5.41, 5.74) is 0.478. The molecule has 2 atom stereocenters. The van der Waals surface area contributed by atoms with E-state index in [0.29, 0.717) is 10.2 Å². The molecule has 4 nitrogen and oxygen atoms in total. The molecule has 1 aromatic carbocycles. The molecule has 2 unspecified atom stereocenters. The number of hydrogen-bond acceptors (Lipinski definition) is 2. The van der Waals surface area contributed by atoms with Crippen molar-refractivity contribution in [1.82, 2.24) is 0 Å². The van der Waals surface area contributed by atoms with Crippen LogP contribution < -0.4 is 5.32 Å². The van der Waals surface area contributed by atoms with Crippen LogP contribution in [0.5, 0.6) is 0 Å². The predicted molar refractivity (Wildman–Crippen MR) is 74.1 cm³/mol. The summed E-state index contributed by atoms with van der Waals surface area (Å²) >= 11 is 3.30. The number of anilines is 1. The Hall–Kier alpha value is -1.36. The zero-order valence-corrected chi connectivity index (χ0v) is 11.8. The van der Waals surface area contributed by atoms with Crippen molar-refractivity contribution in [2.75, 3.05) is 5.32 Å². The van der Waals surface area contributed by atoms with Crippen molar-refractivity contribution in [2.45, 2.75) is 19.3 Å². The van der Waals surface area contributed by atoms with Crippen molar-refractivity contribution < 1.29 is 14.7 Å². The van der Waals surface area contributed by atoms with Crippen LogP contribution in [-0.2, 0) is 4.79 Å². The fourth-order valence-corrected chi connectivity index (χ4v) is 3.45. The van der Waals surface area contributed by atoms with Gasteiger partial charge in [0, 0.05) is 10.4 Å². The molecule has 0 saturated heterocycles. The second kappa shape index (κ2) is 4.63. The predicted octanol–water partition coefficient (Wildman–Crippen LogP) is 3.13. The van der Waals surface area contributed by atoms with Crippen LogP contribution in [0, 0.1) is 17.8 Å². The Morgan fingerprint density at radius 2 is 1.89 bits per heavy atom. The van der Waals surface area contributed by atoms with Gasteiger partial charge in [-0.25, -0.2) is 4.79 Å². The van der Waals surface area contributed by atoms with Crippen molar-refractivity contribution >= 4 is 33.5 Å². The van der Waals surface area contributed by atoms with Crippen LogP contribution in [0.4, 0.5) is 5.69 Å². The van der Waals surface area contributed by atoms with Crippen LogP contribution in [0.25, 0.3) is 0 Å². The third-order valence-electron chi connectivity index (χ3n) is 4.11. The highest BCUT2D eigenvalue weighted by atomic mass is 79.9. The second-order valence-electron chi connectivity index (χ2n) is 5.38. The van der Waals surface area contributed by atoms with Gasteiger partial charge in [-0.05, 0) is 59.2 Å². The van der Waals surface area contributed by atoms with Gasteiger partial charge in [0.2, 0.25) is 5.91 Å². The zero-order chi connectivity index (χ0) is 13.6. The van der Waals surface area contributed by atoms with Gasteiger partial charge >= 0.3 is 5.97 Å². The van der Waals surface area contributed by atoms with Gasteiger partial charge in [-0.2, -0.15) is 0 Å².